The number of benzene rings is 3. The van der Waals surface area contributed by atoms with E-state index in [0.717, 1.165) is 44.6 Å². The van der Waals surface area contributed by atoms with Gasteiger partial charge in [-0.2, -0.15) is 0 Å². The maximum atomic E-state index is 12.9. The van der Waals surface area contributed by atoms with Crippen molar-refractivity contribution in [3.63, 3.8) is 0 Å². The number of nitrogens with zero attached hydrogens (tertiary/aromatic N) is 5. The standard InChI is InChI=1S/C34H31N7O4S2/c1-45-28-11-5-23(6-12-28)21-30(42)36-26-4-2-3-24(22-26)31-32(41-15-18-46-34(41)39-31)29-13-14-35-33(38-29)37-25-7-9-27(10-8-25)40-16-19-47(43,44)20-17-40/h2-15,18,22H,16-17,19-21H2,1H3,(H,36,42)(H,35,37,38). The molecule has 0 radical (unpaired) electrons. The Morgan fingerprint density at radius 1 is 0.957 bits per heavy atom. The summed E-state index contributed by atoms with van der Waals surface area (Å²) in [4.78, 5) is 30.0. The van der Waals surface area contributed by atoms with Crippen molar-refractivity contribution in [3.8, 4) is 28.4 Å². The van der Waals surface area contributed by atoms with Gasteiger partial charge in [0.15, 0.2) is 14.8 Å². The summed E-state index contributed by atoms with van der Waals surface area (Å²) in [6, 6.07) is 24.7. The van der Waals surface area contributed by atoms with Gasteiger partial charge < -0.3 is 20.3 Å². The molecule has 1 aliphatic heterocycles. The van der Waals surface area contributed by atoms with Crippen LogP contribution in [0.2, 0.25) is 0 Å². The zero-order chi connectivity index (χ0) is 32.4. The molecule has 0 bridgehead atoms. The van der Waals surface area contributed by atoms with Crippen molar-refractivity contribution in [2.24, 2.45) is 0 Å². The normalized spacial score (nSPS) is 14.2. The third-order valence-corrected chi connectivity index (χ3v) is 10.3. The third kappa shape index (κ3) is 6.81. The number of thiazole rings is 1. The molecular weight excluding hydrogens is 635 g/mol. The van der Waals surface area contributed by atoms with E-state index < -0.39 is 9.84 Å². The predicted molar refractivity (Wildman–Crippen MR) is 185 cm³/mol. The Hall–Kier alpha value is -5.27. The lowest BCUT2D eigenvalue weighted by Crippen LogP contribution is -2.40. The van der Waals surface area contributed by atoms with E-state index in [4.69, 9.17) is 14.7 Å². The fourth-order valence-electron chi connectivity index (χ4n) is 5.52. The molecule has 0 unspecified atom stereocenters. The van der Waals surface area contributed by atoms with Crippen LogP contribution < -0.4 is 20.3 Å². The van der Waals surface area contributed by atoms with Crippen LogP contribution in [0.3, 0.4) is 0 Å². The summed E-state index contributed by atoms with van der Waals surface area (Å²) < 4.78 is 30.8. The highest BCUT2D eigenvalue weighted by Gasteiger charge is 2.22. The molecule has 2 N–H and O–H groups in total. The number of hydrogen-bond acceptors (Lipinski definition) is 10. The molecule has 1 amide bonds. The Morgan fingerprint density at radius 3 is 2.51 bits per heavy atom. The van der Waals surface area contributed by atoms with Gasteiger partial charge in [0, 0.05) is 53.5 Å². The van der Waals surface area contributed by atoms with Crippen LogP contribution in [-0.4, -0.2) is 65.4 Å². The quantitative estimate of drug-likeness (QED) is 0.200. The molecule has 13 heteroatoms. The number of nitrogens with one attached hydrogen (secondary N) is 2. The Labute approximate surface area is 275 Å². The number of fused-ring (bicyclic) bond motifs is 1. The molecule has 0 atom stereocenters. The van der Waals surface area contributed by atoms with Crippen molar-refractivity contribution in [3.05, 3.63) is 102 Å². The molecule has 1 saturated heterocycles. The lowest BCUT2D eigenvalue weighted by Gasteiger charge is -2.28. The number of ether oxygens (including phenoxy) is 1. The zero-order valence-electron chi connectivity index (χ0n) is 25.5. The molecule has 1 fully saturated rings. The van der Waals surface area contributed by atoms with Gasteiger partial charge in [-0.15, -0.1) is 11.3 Å². The minimum absolute atomic E-state index is 0.123. The monoisotopic (exact) mass is 665 g/mol. The summed E-state index contributed by atoms with van der Waals surface area (Å²) >= 11 is 1.53. The van der Waals surface area contributed by atoms with Gasteiger partial charge >= 0.3 is 0 Å². The summed E-state index contributed by atoms with van der Waals surface area (Å²) in [7, 11) is -1.33. The lowest BCUT2D eigenvalue weighted by atomic mass is 10.1. The predicted octanol–water partition coefficient (Wildman–Crippen LogP) is 5.69. The first-order valence-corrected chi connectivity index (χ1v) is 17.7. The summed E-state index contributed by atoms with van der Waals surface area (Å²) in [5.41, 5.74) is 6.41. The summed E-state index contributed by atoms with van der Waals surface area (Å²) in [5, 5.41) is 8.28. The van der Waals surface area contributed by atoms with Gasteiger partial charge in [0.1, 0.15) is 11.4 Å². The Morgan fingerprint density at radius 2 is 1.74 bits per heavy atom. The van der Waals surface area contributed by atoms with E-state index in [1.807, 2.05) is 94.8 Å². The lowest BCUT2D eigenvalue weighted by molar-refractivity contribution is -0.115. The number of aromatic nitrogens is 4. The molecule has 47 heavy (non-hydrogen) atoms. The molecule has 11 nitrogen and oxygen atoms in total. The third-order valence-electron chi connectivity index (χ3n) is 7.94. The van der Waals surface area contributed by atoms with Gasteiger partial charge in [-0.1, -0.05) is 24.3 Å². The Kier molecular flexibility index (Phi) is 8.31. The second-order valence-corrected chi connectivity index (χ2v) is 14.3. The van der Waals surface area contributed by atoms with Crippen molar-refractivity contribution in [1.82, 2.24) is 19.4 Å². The maximum absolute atomic E-state index is 12.9. The van der Waals surface area contributed by atoms with Crippen molar-refractivity contribution in [2.45, 2.75) is 6.42 Å². The van der Waals surface area contributed by atoms with Crippen LogP contribution in [0.1, 0.15) is 5.56 Å². The Balaban J connectivity index is 1.11. The van der Waals surface area contributed by atoms with E-state index in [1.54, 1.807) is 13.3 Å². The molecule has 0 saturated carbocycles. The highest BCUT2D eigenvalue weighted by atomic mass is 32.2. The van der Waals surface area contributed by atoms with Gasteiger partial charge in [-0.3, -0.25) is 9.20 Å². The molecule has 0 aliphatic carbocycles. The van der Waals surface area contributed by atoms with E-state index in [9.17, 15) is 13.2 Å². The van der Waals surface area contributed by atoms with Crippen molar-refractivity contribution in [1.29, 1.82) is 0 Å². The number of imidazole rings is 1. The van der Waals surface area contributed by atoms with Crippen LogP contribution in [0, 0.1) is 0 Å². The number of methoxy groups -OCH3 is 1. The fourth-order valence-corrected chi connectivity index (χ4v) is 7.43. The van der Waals surface area contributed by atoms with E-state index in [0.29, 0.717) is 30.4 Å². The molecule has 3 aromatic carbocycles. The van der Waals surface area contributed by atoms with Gasteiger partial charge in [0.25, 0.3) is 0 Å². The van der Waals surface area contributed by atoms with E-state index in [1.165, 1.54) is 11.3 Å². The zero-order valence-corrected chi connectivity index (χ0v) is 27.1. The van der Waals surface area contributed by atoms with Crippen molar-refractivity contribution < 1.29 is 17.9 Å². The molecule has 4 heterocycles. The first-order valence-electron chi connectivity index (χ1n) is 15.0. The number of hydrogen-bond donors (Lipinski definition) is 2. The minimum atomic E-state index is -2.94. The van der Waals surface area contributed by atoms with Gasteiger partial charge in [0.05, 0.1) is 36.4 Å². The average Bonchev–Trinajstić information content (AvgIpc) is 3.68. The van der Waals surface area contributed by atoms with Crippen LogP contribution in [0.25, 0.3) is 27.6 Å². The molecule has 7 rings (SSSR count). The minimum Gasteiger partial charge on any atom is -0.497 e. The summed E-state index contributed by atoms with van der Waals surface area (Å²) in [5.74, 6) is 1.39. The molecule has 6 aromatic rings. The van der Waals surface area contributed by atoms with Gasteiger partial charge in [0.2, 0.25) is 11.9 Å². The number of anilines is 4. The maximum Gasteiger partial charge on any atom is 0.228 e. The average molecular weight is 666 g/mol. The van der Waals surface area contributed by atoms with Gasteiger partial charge in [-0.05, 0) is 60.2 Å². The van der Waals surface area contributed by atoms with Crippen molar-refractivity contribution >= 4 is 55.1 Å². The second kappa shape index (κ2) is 12.9. The highest BCUT2D eigenvalue weighted by Crippen LogP contribution is 2.35. The van der Waals surface area contributed by atoms with E-state index in [-0.39, 0.29) is 23.8 Å². The SMILES string of the molecule is COc1ccc(CC(=O)Nc2cccc(-c3nc4sccn4c3-c3ccnc(Nc4ccc(N5CCS(=O)(=O)CC5)cc4)n3)c2)cc1. The summed E-state index contributed by atoms with van der Waals surface area (Å²) in [6.45, 7) is 0.980. The fraction of sp³-hybridized carbons (Fsp3) is 0.176. The molecule has 1 aliphatic rings. The molecular formula is C34H31N7O4S2. The first kappa shape index (κ1) is 30.4. The molecule has 238 valence electrons. The summed E-state index contributed by atoms with van der Waals surface area (Å²) in [6.07, 6.45) is 3.91. The van der Waals surface area contributed by atoms with Crippen LogP contribution in [0.15, 0.2) is 96.6 Å². The number of rotatable bonds is 9. The number of amides is 1. The second-order valence-electron chi connectivity index (χ2n) is 11.1. The molecule has 3 aromatic heterocycles. The number of sulfone groups is 1. The highest BCUT2D eigenvalue weighted by molar-refractivity contribution is 7.91. The van der Waals surface area contributed by atoms with Crippen LogP contribution >= 0.6 is 11.3 Å². The number of carbonyl (C=O) groups is 1. The van der Waals surface area contributed by atoms with Gasteiger partial charge in [-0.25, -0.2) is 23.4 Å². The van der Waals surface area contributed by atoms with Crippen LogP contribution in [-0.2, 0) is 21.1 Å². The number of carbonyl (C=O) groups excluding carboxylic acids is 1. The van der Waals surface area contributed by atoms with E-state index in [2.05, 4.69) is 20.5 Å². The smallest absolute Gasteiger partial charge is 0.228 e. The Bertz CT molecular complexity index is 2150. The van der Waals surface area contributed by atoms with Crippen LogP contribution in [0.5, 0.6) is 5.75 Å². The largest absolute Gasteiger partial charge is 0.497 e. The van der Waals surface area contributed by atoms with E-state index >= 15 is 0 Å². The van der Waals surface area contributed by atoms with Crippen molar-refractivity contribution in [2.75, 3.05) is 47.2 Å². The van der Waals surface area contributed by atoms with Crippen LogP contribution in [0.4, 0.5) is 23.0 Å². The topological polar surface area (TPSA) is 131 Å². The first-order chi connectivity index (χ1) is 22.8. The molecule has 0 spiro atoms.